The zero-order chi connectivity index (χ0) is 16.1. The van der Waals surface area contributed by atoms with Crippen molar-refractivity contribution in [3.05, 3.63) is 59.4 Å². The molecule has 112 valence electrons. The van der Waals surface area contributed by atoms with Gasteiger partial charge in [0.15, 0.2) is 0 Å². The van der Waals surface area contributed by atoms with Crippen LogP contribution in [0.2, 0.25) is 0 Å². The lowest BCUT2D eigenvalue weighted by Gasteiger charge is -2.20. The molecule has 4 nitrogen and oxygen atoms in total. The predicted molar refractivity (Wildman–Crippen MR) is 84.0 cm³/mol. The molecule has 0 unspecified atom stereocenters. The van der Waals surface area contributed by atoms with E-state index in [2.05, 4.69) is 5.32 Å². The number of amides is 1. The minimum absolute atomic E-state index is 0.0908. The maximum Gasteiger partial charge on any atom is 0.223 e. The van der Waals surface area contributed by atoms with Crippen LogP contribution in [0.4, 0.5) is 15.8 Å². The van der Waals surface area contributed by atoms with E-state index in [0.717, 1.165) is 5.69 Å². The number of anilines is 2. The van der Waals surface area contributed by atoms with Gasteiger partial charge in [-0.3, -0.25) is 4.79 Å². The lowest BCUT2D eigenvalue weighted by molar-refractivity contribution is -0.116. The number of halogens is 1. The highest BCUT2D eigenvalue weighted by Crippen LogP contribution is 2.25. The second-order valence-corrected chi connectivity index (χ2v) is 4.87. The van der Waals surface area contributed by atoms with E-state index in [1.165, 1.54) is 30.0 Å². The largest absolute Gasteiger partial charge is 0.379 e. The molecule has 0 bridgehead atoms. The molecule has 5 heteroatoms. The first-order valence-corrected chi connectivity index (χ1v) is 6.78. The highest BCUT2D eigenvalue weighted by atomic mass is 19.1. The van der Waals surface area contributed by atoms with Gasteiger partial charge in [0.1, 0.15) is 5.82 Å². The molecule has 2 aromatic carbocycles. The van der Waals surface area contributed by atoms with Crippen LogP contribution in [0.15, 0.2) is 42.5 Å². The van der Waals surface area contributed by atoms with Gasteiger partial charge in [0, 0.05) is 26.1 Å². The molecule has 0 fully saturated rings. The van der Waals surface area contributed by atoms with E-state index in [4.69, 9.17) is 5.26 Å². The van der Waals surface area contributed by atoms with E-state index in [9.17, 15) is 9.18 Å². The van der Waals surface area contributed by atoms with Crippen LogP contribution in [0.5, 0.6) is 0 Å². The molecule has 0 aliphatic rings. The smallest absolute Gasteiger partial charge is 0.223 e. The van der Waals surface area contributed by atoms with Crippen LogP contribution >= 0.6 is 0 Å². The normalized spacial score (nSPS) is 9.91. The van der Waals surface area contributed by atoms with Gasteiger partial charge in [-0.2, -0.15) is 5.26 Å². The molecule has 0 aromatic heterocycles. The fraction of sp³-hybridized carbons (Fsp3) is 0.176. The van der Waals surface area contributed by atoms with E-state index in [1.54, 1.807) is 7.05 Å². The SMILES string of the molecule is CC(=O)N(C)c1ccccc1NCc1cc(C#N)ccc1F. The zero-order valence-electron chi connectivity index (χ0n) is 12.4. The number of benzene rings is 2. The van der Waals surface area contributed by atoms with Crippen LogP contribution in [-0.2, 0) is 11.3 Å². The van der Waals surface area contributed by atoms with Crippen molar-refractivity contribution in [1.82, 2.24) is 0 Å². The third-order valence-corrected chi connectivity index (χ3v) is 3.38. The zero-order valence-corrected chi connectivity index (χ0v) is 12.4. The molecular formula is C17H16FN3O. The summed E-state index contributed by atoms with van der Waals surface area (Å²) in [7, 11) is 1.68. The Morgan fingerprint density at radius 3 is 2.73 bits per heavy atom. The van der Waals surface area contributed by atoms with Crippen molar-refractivity contribution >= 4 is 17.3 Å². The average molecular weight is 297 g/mol. The number of para-hydroxylation sites is 2. The number of rotatable bonds is 4. The minimum atomic E-state index is -0.371. The number of nitrogens with zero attached hydrogens (tertiary/aromatic N) is 2. The van der Waals surface area contributed by atoms with Crippen LogP contribution < -0.4 is 10.2 Å². The standard InChI is InChI=1S/C17H16FN3O/c1-12(22)21(2)17-6-4-3-5-16(17)20-11-14-9-13(10-19)7-8-15(14)18/h3-9,20H,11H2,1-2H3. The molecule has 1 N–H and O–H groups in total. The third kappa shape index (κ3) is 3.41. The van der Waals surface area contributed by atoms with Crippen LogP contribution in [0.25, 0.3) is 0 Å². The van der Waals surface area contributed by atoms with Gasteiger partial charge < -0.3 is 10.2 Å². The average Bonchev–Trinajstić information content (AvgIpc) is 2.53. The van der Waals surface area contributed by atoms with Gasteiger partial charge in [-0.15, -0.1) is 0 Å². The van der Waals surface area contributed by atoms with Crippen LogP contribution in [0.1, 0.15) is 18.1 Å². The summed E-state index contributed by atoms with van der Waals surface area (Å²) >= 11 is 0. The topological polar surface area (TPSA) is 56.1 Å². The Hall–Kier alpha value is -2.87. The van der Waals surface area contributed by atoms with Crippen LogP contribution in [0.3, 0.4) is 0 Å². The molecule has 0 saturated carbocycles. The molecule has 0 aliphatic carbocycles. The van der Waals surface area contributed by atoms with E-state index >= 15 is 0 Å². The number of nitriles is 1. The molecule has 0 heterocycles. The molecule has 1 amide bonds. The molecule has 0 saturated heterocycles. The number of hydrogen-bond donors (Lipinski definition) is 1. The predicted octanol–water partition coefficient (Wildman–Crippen LogP) is 3.29. The molecule has 0 radical (unpaired) electrons. The summed E-state index contributed by atoms with van der Waals surface area (Å²) < 4.78 is 13.8. The van der Waals surface area contributed by atoms with E-state index < -0.39 is 0 Å². The number of nitrogens with one attached hydrogen (secondary N) is 1. The van der Waals surface area contributed by atoms with E-state index in [-0.39, 0.29) is 18.3 Å². The molecule has 22 heavy (non-hydrogen) atoms. The van der Waals surface area contributed by atoms with Gasteiger partial charge in [-0.05, 0) is 30.3 Å². The second kappa shape index (κ2) is 6.72. The van der Waals surface area contributed by atoms with Crippen molar-refractivity contribution in [1.29, 1.82) is 5.26 Å². The van der Waals surface area contributed by atoms with Gasteiger partial charge in [0.2, 0.25) is 5.91 Å². The Labute approximate surface area is 128 Å². The summed E-state index contributed by atoms with van der Waals surface area (Å²) in [6, 6.07) is 13.5. The van der Waals surface area contributed by atoms with Gasteiger partial charge in [0.05, 0.1) is 23.0 Å². The minimum Gasteiger partial charge on any atom is -0.379 e. The van der Waals surface area contributed by atoms with Crippen molar-refractivity contribution in [3.63, 3.8) is 0 Å². The first-order chi connectivity index (χ1) is 10.5. The van der Waals surface area contributed by atoms with Crippen molar-refractivity contribution in [2.45, 2.75) is 13.5 Å². The Morgan fingerprint density at radius 1 is 1.32 bits per heavy atom. The second-order valence-electron chi connectivity index (χ2n) is 4.87. The fourth-order valence-corrected chi connectivity index (χ4v) is 2.06. The Kier molecular flexibility index (Phi) is 4.74. The Balaban J connectivity index is 2.23. The summed E-state index contributed by atoms with van der Waals surface area (Å²) in [5, 5.41) is 12.0. The monoisotopic (exact) mass is 297 g/mol. The lowest BCUT2D eigenvalue weighted by atomic mass is 10.1. The first-order valence-electron chi connectivity index (χ1n) is 6.78. The van der Waals surface area contributed by atoms with Gasteiger partial charge in [-0.1, -0.05) is 12.1 Å². The molecule has 0 atom stereocenters. The highest BCUT2D eigenvalue weighted by molar-refractivity contribution is 5.94. The number of carbonyl (C=O) groups excluding carboxylic acids is 1. The summed E-state index contributed by atoms with van der Waals surface area (Å²) in [5.41, 5.74) is 2.25. The van der Waals surface area contributed by atoms with Crippen molar-refractivity contribution in [2.75, 3.05) is 17.3 Å². The first kappa shape index (κ1) is 15.5. The van der Waals surface area contributed by atoms with E-state index in [1.807, 2.05) is 30.3 Å². The van der Waals surface area contributed by atoms with Gasteiger partial charge >= 0.3 is 0 Å². The Bertz CT molecular complexity index is 737. The van der Waals surface area contributed by atoms with Crippen LogP contribution in [-0.4, -0.2) is 13.0 Å². The summed E-state index contributed by atoms with van der Waals surface area (Å²) in [6.07, 6.45) is 0. The molecular weight excluding hydrogens is 281 g/mol. The Morgan fingerprint density at radius 2 is 2.05 bits per heavy atom. The highest BCUT2D eigenvalue weighted by Gasteiger charge is 2.11. The molecule has 0 spiro atoms. The van der Waals surface area contributed by atoms with Gasteiger partial charge in [-0.25, -0.2) is 4.39 Å². The number of hydrogen-bond acceptors (Lipinski definition) is 3. The van der Waals surface area contributed by atoms with Gasteiger partial charge in [0.25, 0.3) is 0 Å². The quantitative estimate of drug-likeness (QED) is 0.942. The summed E-state index contributed by atoms with van der Waals surface area (Å²) in [6.45, 7) is 1.71. The van der Waals surface area contributed by atoms with Crippen LogP contribution in [0, 0.1) is 17.1 Å². The maximum atomic E-state index is 13.8. The third-order valence-electron chi connectivity index (χ3n) is 3.38. The summed E-state index contributed by atoms with van der Waals surface area (Å²) in [5.74, 6) is -0.462. The fourth-order valence-electron chi connectivity index (χ4n) is 2.06. The molecule has 0 aliphatic heterocycles. The molecule has 2 aromatic rings. The lowest BCUT2D eigenvalue weighted by Crippen LogP contribution is -2.23. The van der Waals surface area contributed by atoms with Crippen molar-refractivity contribution in [2.24, 2.45) is 0 Å². The molecule has 2 rings (SSSR count). The van der Waals surface area contributed by atoms with Crippen molar-refractivity contribution < 1.29 is 9.18 Å². The maximum absolute atomic E-state index is 13.8. The summed E-state index contributed by atoms with van der Waals surface area (Å²) in [4.78, 5) is 13.0. The van der Waals surface area contributed by atoms with Crippen molar-refractivity contribution in [3.8, 4) is 6.07 Å². The number of carbonyl (C=O) groups is 1. The van der Waals surface area contributed by atoms with E-state index in [0.29, 0.717) is 16.8 Å².